The van der Waals surface area contributed by atoms with Gasteiger partial charge < -0.3 is 4.74 Å². The van der Waals surface area contributed by atoms with Crippen molar-refractivity contribution in [2.24, 2.45) is 0 Å². The van der Waals surface area contributed by atoms with Gasteiger partial charge in [-0.05, 0) is 63.1 Å². The highest BCUT2D eigenvalue weighted by atomic mass is 32.2. The van der Waals surface area contributed by atoms with Crippen LogP contribution in [0.25, 0.3) is 0 Å². The summed E-state index contributed by atoms with van der Waals surface area (Å²) in [5, 5.41) is -0.498. The fraction of sp³-hybridized carbons (Fsp3) is 0.400. The van der Waals surface area contributed by atoms with Gasteiger partial charge in [0.25, 0.3) is 0 Å². The van der Waals surface area contributed by atoms with Crippen molar-refractivity contribution in [1.29, 1.82) is 0 Å². The van der Waals surface area contributed by atoms with E-state index in [-0.39, 0.29) is 12.8 Å². The van der Waals surface area contributed by atoms with Crippen LogP contribution in [0.5, 0.6) is 0 Å². The molecule has 0 aliphatic carbocycles. The van der Waals surface area contributed by atoms with Crippen LogP contribution < -0.4 is 5.48 Å². The lowest BCUT2D eigenvalue weighted by molar-refractivity contribution is -0.161. The molecule has 2 aromatic carbocycles. The second-order valence-electron chi connectivity index (χ2n) is 8.58. The van der Waals surface area contributed by atoms with Crippen molar-refractivity contribution in [2.45, 2.75) is 70.5 Å². The number of hydrogen-bond acceptors (Lipinski definition) is 6. The Kier molecular flexibility index (Phi) is 8.64. The first-order valence-corrected chi connectivity index (χ1v) is 11.3. The number of nitrogens with one attached hydrogen (secondary N) is 1. The number of hydroxylamine groups is 1. The Morgan fingerprint density at radius 1 is 0.938 bits per heavy atom. The molecule has 7 heteroatoms. The van der Waals surface area contributed by atoms with Gasteiger partial charge in [-0.25, -0.2) is 9.63 Å². The first-order chi connectivity index (χ1) is 15.0. The van der Waals surface area contributed by atoms with E-state index in [0.29, 0.717) is 0 Å². The van der Waals surface area contributed by atoms with Crippen LogP contribution in [0.1, 0.15) is 50.8 Å². The second-order valence-corrected chi connectivity index (χ2v) is 9.57. The van der Waals surface area contributed by atoms with Gasteiger partial charge in [0.05, 0.1) is 0 Å². The van der Waals surface area contributed by atoms with Crippen molar-refractivity contribution in [3.8, 4) is 0 Å². The lowest BCUT2D eigenvalue weighted by Gasteiger charge is -2.30. The topological polar surface area (TPSA) is 81.7 Å². The Bertz CT molecular complexity index is 948. The third-order valence-electron chi connectivity index (χ3n) is 4.71. The third kappa shape index (κ3) is 6.68. The number of carbonyl (C=O) groups is 3. The zero-order valence-corrected chi connectivity index (χ0v) is 20.3. The van der Waals surface area contributed by atoms with Gasteiger partial charge in [0.15, 0.2) is 5.78 Å². The van der Waals surface area contributed by atoms with Gasteiger partial charge in [-0.2, -0.15) is 5.48 Å². The zero-order valence-electron chi connectivity index (χ0n) is 19.5. The minimum atomic E-state index is -1.91. The van der Waals surface area contributed by atoms with Gasteiger partial charge in [0.2, 0.25) is 10.7 Å². The summed E-state index contributed by atoms with van der Waals surface area (Å²) < 4.78 is 5.23. The molecule has 0 radical (unpaired) electrons. The minimum Gasteiger partial charge on any atom is -0.442 e. The number of aryl methyl sites for hydroxylation is 2. The van der Waals surface area contributed by atoms with Gasteiger partial charge in [0.1, 0.15) is 5.60 Å². The van der Waals surface area contributed by atoms with Gasteiger partial charge in [0, 0.05) is 17.7 Å². The highest BCUT2D eigenvalue weighted by molar-refractivity contribution is 8.14. The lowest BCUT2D eigenvalue weighted by atomic mass is 9.90. The van der Waals surface area contributed by atoms with Crippen LogP contribution in [0.3, 0.4) is 0 Å². The first-order valence-electron chi connectivity index (χ1n) is 10.5. The normalized spacial score (nSPS) is 13.2. The number of ether oxygens (including phenoxy) is 1. The summed E-state index contributed by atoms with van der Waals surface area (Å²) in [6, 6.07) is 14.8. The number of hydrogen-bond donors (Lipinski definition) is 1. The Balaban J connectivity index is 2.45. The zero-order chi connectivity index (χ0) is 23.9. The van der Waals surface area contributed by atoms with E-state index in [2.05, 4.69) is 5.48 Å². The quantitative estimate of drug-likeness (QED) is 0.327. The number of benzene rings is 2. The summed E-state index contributed by atoms with van der Waals surface area (Å²) in [5.41, 5.74) is 2.09. The lowest BCUT2D eigenvalue weighted by Crippen LogP contribution is -2.54. The molecule has 32 heavy (non-hydrogen) atoms. The van der Waals surface area contributed by atoms with Crippen LogP contribution >= 0.6 is 11.8 Å². The maximum absolute atomic E-state index is 13.7. The van der Waals surface area contributed by atoms with Crippen LogP contribution in [0, 0.1) is 13.8 Å². The number of thioether (sulfide) groups is 1. The summed E-state index contributed by atoms with van der Waals surface area (Å²) in [6.07, 6.45) is -0.835. The molecular weight excluding hydrogens is 426 g/mol. The standard InChI is InChI=1S/C25H31NO5S/c1-7-20(27)25(16-19-14-9-8-10-15-19,31-26-23(29)30-24(4,5)6)22(28)32-21-17(2)12-11-13-18(21)3/h8-15H,7,16H2,1-6H3,(H,26,29)/t25-/m1/s1. The molecule has 0 saturated carbocycles. The number of carbonyl (C=O) groups excluding carboxylic acids is 3. The van der Waals surface area contributed by atoms with E-state index in [1.54, 1.807) is 27.7 Å². The molecule has 172 valence electrons. The van der Waals surface area contributed by atoms with Crippen LogP contribution in [-0.2, 0) is 25.6 Å². The molecule has 1 N–H and O–H groups in total. The Morgan fingerprint density at radius 3 is 2.06 bits per heavy atom. The van der Waals surface area contributed by atoms with Crippen LogP contribution in [0.4, 0.5) is 4.79 Å². The number of Topliss-reactive ketones (excluding diaryl/α,β-unsaturated/α-hetero) is 1. The molecular formula is C25H31NO5S. The second kappa shape index (κ2) is 10.8. The highest BCUT2D eigenvalue weighted by Gasteiger charge is 2.48. The van der Waals surface area contributed by atoms with Crippen LogP contribution in [0.2, 0.25) is 0 Å². The molecule has 0 saturated heterocycles. The molecule has 0 aromatic heterocycles. The SMILES string of the molecule is CCC(=O)[C@@](Cc1ccccc1)(ONC(=O)OC(C)(C)C)C(=O)Sc1c(C)cccc1C. The van der Waals surface area contributed by atoms with Crippen molar-refractivity contribution >= 4 is 28.8 Å². The Hall–Kier alpha value is -2.64. The molecule has 1 atom stereocenters. The molecule has 0 unspecified atom stereocenters. The predicted molar refractivity (Wildman–Crippen MR) is 125 cm³/mol. The molecule has 0 fully saturated rings. The molecule has 2 aromatic rings. The largest absolute Gasteiger partial charge is 0.442 e. The predicted octanol–water partition coefficient (Wildman–Crippen LogP) is 5.34. The maximum Gasteiger partial charge on any atom is 0.431 e. The van der Waals surface area contributed by atoms with Crippen molar-refractivity contribution in [3.63, 3.8) is 0 Å². The first kappa shape index (κ1) is 25.6. The van der Waals surface area contributed by atoms with Crippen molar-refractivity contribution < 1.29 is 24.0 Å². The Morgan fingerprint density at radius 2 is 1.53 bits per heavy atom. The molecule has 2 rings (SSSR count). The van der Waals surface area contributed by atoms with Crippen LogP contribution in [-0.4, -0.2) is 28.2 Å². The van der Waals surface area contributed by atoms with E-state index in [9.17, 15) is 14.4 Å². The molecule has 0 heterocycles. The van der Waals surface area contributed by atoms with Gasteiger partial charge in [-0.15, -0.1) is 0 Å². The van der Waals surface area contributed by atoms with Crippen molar-refractivity contribution in [1.82, 2.24) is 5.48 Å². The summed E-state index contributed by atoms with van der Waals surface area (Å²) in [7, 11) is 0. The summed E-state index contributed by atoms with van der Waals surface area (Å²) in [4.78, 5) is 45.5. The maximum atomic E-state index is 13.7. The summed E-state index contributed by atoms with van der Waals surface area (Å²) in [5.74, 6) is -0.429. The average Bonchev–Trinajstić information content (AvgIpc) is 2.72. The average molecular weight is 458 g/mol. The number of rotatable bonds is 8. The van der Waals surface area contributed by atoms with Gasteiger partial charge in [-0.1, -0.05) is 55.5 Å². The fourth-order valence-corrected chi connectivity index (χ4v) is 4.19. The van der Waals surface area contributed by atoms with Crippen molar-refractivity contribution in [2.75, 3.05) is 0 Å². The minimum absolute atomic E-state index is 0.0208. The molecule has 0 aliphatic rings. The van der Waals surface area contributed by atoms with E-state index in [0.717, 1.165) is 33.3 Å². The molecule has 6 nitrogen and oxygen atoms in total. The van der Waals surface area contributed by atoms with Gasteiger partial charge >= 0.3 is 6.09 Å². The molecule has 1 amide bonds. The molecule has 0 spiro atoms. The fourth-order valence-electron chi connectivity index (χ4n) is 3.15. The number of ketones is 1. The summed E-state index contributed by atoms with van der Waals surface area (Å²) in [6.45, 7) is 10.6. The highest BCUT2D eigenvalue weighted by Crippen LogP contribution is 2.34. The summed E-state index contributed by atoms with van der Waals surface area (Å²) >= 11 is 0.955. The third-order valence-corrected chi connectivity index (χ3v) is 6.07. The number of amides is 1. The van der Waals surface area contributed by atoms with E-state index in [4.69, 9.17) is 9.57 Å². The van der Waals surface area contributed by atoms with E-state index < -0.39 is 28.2 Å². The monoisotopic (exact) mass is 457 g/mol. The van der Waals surface area contributed by atoms with E-state index in [1.807, 2.05) is 62.4 Å². The van der Waals surface area contributed by atoms with Crippen molar-refractivity contribution in [3.05, 3.63) is 65.2 Å². The van der Waals surface area contributed by atoms with Gasteiger partial charge in [-0.3, -0.25) is 9.59 Å². The van der Waals surface area contributed by atoms with Crippen LogP contribution in [0.15, 0.2) is 53.4 Å². The van der Waals surface area contributed by atoms with E-state index in [1.165, 1.54) is 0 Å². The smallest absolute Gasteiger partial charge is 0.431 e. The Labute approximate surface area is 194 Å². The molecule has 0 bridgehead atoms. The molecule has 0 aliphatic heterocycles. The van der Waals surface area contributed by atoms with E-state index >= 15 is 0 Å².